The van der Waals surface area contributed by atoms with E-state index in [1.54, 1.807) is 6.08 Å². The minimum absolute atomic E-state index is 0.00493. The van der Waals surface area contributed by atoms with Crippen molar-refractivity contribution in [3.8, 4) is 17.2 Å². The van der Waals surface area contributed by atoms with Gasteiger partial charge in [-0.25, -0.2) is 0 Å². The van der Waals surface area contributed by atoms with Gasteiger partial charge in [0.15, 0.2) is 17.3 Å². The molecule has 136 valence electrons. The maximum Gasteiger partial charge on any atom is 0.308 e. The van der Waals surface area contributed by atoms with Gasteiger partial charge in [-0.3, -0.25) is 14.4 Å². The Hall–Kier alpha value is -3.67. The molecule has 6 nitrogen and oxygen atoms in total. The second-order valence-electron chi connectivity index (χ2n) is 5.69. The van der Waals surface area contributed by atoms with E-state index in [4.69, 9.17) is 14.2 Å². The Morgan fingerprint density at radius 3 is 2.33 bits per heavy atom. The van der Waals surface area contributed by atoms with E-state index < -0.39 is 11.9 Å². The lowest BCUT2D eigenvalue weighted by Gasteiger charge is -2.11. The highest BCUT2D eigenvalue weighted by Gasteiger charge is 2.33. The molecule has 0 fully saturated rings. The Kier molecular flexibility index (Phi) is 5.17. The summed E-state index contributed by atoms with van der Waals surface area (Å²) in [5.41, 5.74) is 1.19. The standard InChI is InChI=1S/C21H16O6/c1-13(22)25-18-12-11-16-19(24)17(27-20(16)21(18)26-14(2)23)10-6-9-15-7-4-3-5-8-15/h3-12H,1-2H3. The Morgan fingerprint density at radius 1 is 0.963 bits per heavy atom. The highest BCUT2D eigenvalue weighted by Crippen LogP contribution is 2.45. The average molecular weight is 364 g/mol. The van der Waals surface area contributed by atoms with Crippen LogP contribution in [0.1, 0.15) is 29.8 Å². The number of Topliss-reactive ketones (excluding diaryl/α,β-unsaturated/α-hetero) is 1. The largest absolute Gasteiger partial charge is 0.448 e. The van der Waals surface area contributed by atoms with Crippen LogP contribution >= 0.6 is 0 Å². The third-order valence-corrected chi connectivity index (χ3v) is 3.59. The van der Waals surface area contributed by atoms with Crippen molar-refractivity contribution in [3.05, 3.63) is 71.5 Å². The molecule has 0 spiro atoms. The van der Waals surface area contributed by atoms with Gasteiger partial charge in [-0.2, -0.15) is 0 Å². The third kappa shape index (κ3) is 4.12. The number of benzene rings is 2. The van der Waals surface area contributed by atoms with Crippen LogP contribution in [-0.4, -0.2) is 17.7 Å². The molecule has 1 heterocycles. The van der Waals surface area contributed by atoms with Gasteiger partial charge in [0.1, 0.15) is 0 Å². The van der Waals surface area contributed by atoms with E-state index in [1.165, 1.54) is 32.1 Å². The molecule has 6 heteroatoms. The van der Waals surface area contributed by atoms with Gasteiger partial charge >= 0.3 is 11.9 Å². The lowest BCUT2D eigenvalue weighted by atomic mass is 10.1. The molecule has 0 aromatic heterocycles. The molecule has 0 aliphatic carbocycles. The van der Waals surface area contributed by atoms with Crippen molar-refractivity contribution in [3.63, 3.8) is 0 Å². The minimum atomic E-state index is -0.630. The van der Waals surface area contributed by atoms with Crippen molar-refractivity contribution in [2.24, 2.45) is 0 Å². The highest BCUT2D eigenvalue weighted by atomic mass is 16.6. The maximum atomic E-state index is 12.5. The van der Waals surface area contributed by atoms with Crippen molar-refractivity contribution in [2.75, 3.05) is 0 Å². The number of rotatable bonds is 4. The zero-order chi connectivity index (χ0) is 19.4. The van der Waals surface area contributed by atoms with Gasteiger partial charge in [-0.1, -0.05) is 42.5 Å². The zero-order valence-electron chi connectivity index (χ0n) is 14.7. The van der Waals surface area contributed by atoms with Crippen molar-refractivity contribution >= 4 is 23.8 Å². The van der Waals surface area contributed by atoms with Crippen LogP contribution in [0.15, 0.2) is 60.4 Å². The molecule has 0 amide bonds. The summed E-state index contributed by atoms with van der Waals surface area (Å²) in [6.07, 6.45) is 5.04. The zero-order valence-corrected chi connectivity index (χ0v) is 14.7. The Labute approximate surface area is 155 Å². The van der Waals surface area contributed by atoms with Crippen molar-refractivity contribution in [1.82, 2.24) is 0 Å². The van der Waals surface area contributed by atoms with Gasteiger partial charge in [-0.05, 0) is 23.8 Å². The van der Waals surface area contributed by atoms with Gasteiger partial charge in [0.05, 0.1) is 5.56 Å². The molecule has 0 saturated heterocycles. The van der Waals surface area contributed by atoms with E-state index in [-0.39, 0.29) is 34.4 Å². The molecule has 0 radical (unpaired) electrons. The number of hydrogen-bond acceptors (Lipinski definition) is 6. The summed E-state index contributed by atoms with van der Waals surface area (Å²) in [5.74, 6) is -1.54. The van der Waals surface area contributed by atoms with Gasteiger partial charge in [0.25, 0.3) is 0 Å². The van der Waals surface area contributed by atoms with E-state index in [1.807, 2.05) is 36.4 Å². The molecule has 3 rings (SSSR count). The average Bonchev–Trinajstić information content (AvgIpc) is 2.94. The summed E-state index contributed by atoms with van der Waals surface area (Å²) in [5, 5.41) is 0. The van der Waals surface area contributed by atoms with Crippen LogP contribution in [0.4, 0.5) is 0 Å². The second-order valence-corrected chi connectivity index (χ2v) is 5.69. The molecule has 1 aliphatic heterocycles. The lowest BCUT2D eigenvalue weighted by Crippen LogP contribution is -2.08. The molecule has 0 atom stereocenters. The van der Waals surface area contributed by atoms with Gasteiger partial charge < -0.3 is 14.2 Å². The summed E-state index contributed by atoms with van der Waals surface area (Å²) in [6.45, 7) is 2.42. The summed E-state index contributed by atoms with van der Waals surface area (Å²) in [6, 6.07) is 12.4. The van der Waals surface area contributed by atoms with Crippen molar-refractivity contribution in [1.29, 1.82) is 0 Å². The molecule has 0 bridgehead atoms. The Balaban J connectivity index is 1.93. The molecular weight excluding hydrogens is 348 g/mol. The van der Waals surface area contributed by atoms with Crippen LogP contribution in [0.5, 0.6) is 17.2 Å². The molecular formula is C21H16O6. The van der Waals surface area contributed by atoms with E-state index in [2.05, 4.69) is 0 Å². The maximum absolute atomic E-state index is 12.5. The first-order valence-corrected chi connectivity index (χ1v) is 8.15. The fraction of sp³-hybridized carbons (Fsp3) is 0.0952. The van der Waals surface area contributed by atoms with Gasteiger partial charge in [0.2, 0.25) is 11.5 Å². The van der Waals surface area contributed by atoms with Crippen molar-refractivity contribution in [2.45, 2.75) is 13.8 Å². The number of hydrogen-bond donors (Lipinski definition) is 0. The molecule has 0 saturated carbocycles. The quantitative estimate of drug-likeness (QED) is 0.467. The Bertz CT molecular complexity index is 970. The lowest BCUT2D eigenvalue weighted by molar-refractivity contribution is -0.134. The SMILES string of the molecule is CC(=O)Oc1ccc2c(c1OC(C)=O)OC(=CC=Cc1ccccc1)C2=O. The first kappa shape index (κ1) is 18.1. The first-order chi connectivity index (χ1) is 13.0. The van der Waals surface area contributed by atoms with Crippen LogP contribution < -0.4 is 14.2 Å². The molecule has 2 aromatic carbocycles. The molecule has 0 unspecified atom stereocenters. The number of ketones is 1. The summed E-state index contributed by atoms with van der Waals surface area (Å²) in [7, 11) is 0. The topological polar surface area (TPSA) is 78.9 Å². The van der Waals surface area contributed by atoms with Crippen LogP contribution in [0.2, 0.25) is 0 Å². The number of allylic oxidation sites excluding steroid dienone is 3. The summed E-state index contributed by atoms with van der Waals surface area (Å²) < 4.78 is 15.8. The van der Waals surface area contributed by atoms with Crippen LogP contribution in [0, 0.1) is 0 Å². The highest BCUT2D eigenvalue weighted by molar-refractivity contribution is 6.13. The molecule has 1 aliphatic rings. The monoisotopic (exact) mass is 364 g/mol. The van der Waals surface area contributed by atoms with Crippen LogP contribution in [-0.2, 0) is 9.59 Å². The van der Waals surface area contributed by atoms with Gasteiger partial charge in [0, 0.05) is 13.8 Å². The fourth-order valence-corrected chi connectivity index (χ4v) is 2.51. The predicted molar refractivity (Wildman–Crippen MR) is 97.6 cm³/mol. The number of carbonyl (C=O) groups is 3. The molecule has 27 heavy (non-hydrogen) atoms. The third-order valence-electron chi connectivity index (χ3n) is 3.59. The predicted octanol–water partition coefficient (Wildman–Crippen LogP) is 3.71. The smallest absolute Gasteiger partial charge is 0.308 e. The first-order valence-electron chi connectivity index (χ1n) is 8.15. The number of carbonyl (C=O) groups excluding carboxylic acids is 3. The van der Waals surface area contributed by atoms with E-state index in [9.17, 15) is 14.4 Å². The van der Waals surface area contributed by atoms with E-state index >= 15 is 0 Å². The number of esters is 2. The number of fused-ring (bicyclic) bond motifs is 1. The number of ether oxygens (including phenoxy) is 3. The van der Waals surface area contributed by atoms with E-state index in [0.29, 0.717) is 0 Å². The summed E-state index contributed by atoms with van der Waals surface area (Å²) in [4.78, 5) is 35.2. The van der Waals surface area contributed by atoms with Crippen LogP contribution in [0.3, 0.4) is 0 Å². The van der Waals surface area contributed by atoms with Crippen molar-refractivity contribution < 1.29 is 28.6 Å². The normalized spacial score (nSPS) is 14.1. The van der Waals surface area contributed by atoms with Gasteiger partial charge in [-0.15, -0.1) is 0 Å². The minimum Gasteiger partial charge on any atom is -0.448 e. The fourth-order valence-electron chi connectivity index (χ4n) is 2.51. The molecule has 2 aromatic rings. The molecule has 0 N–H and O–H groups in total. The Morgan fingerprint density at radius 2 is 1.67 bits per heavy atom. The second kappa shape index (κ2) is 7.70. The van der Waals surface area contributed by atoms with E-state index in [0.717, 1.165) is 5.56 Å². The van der Waals surface area contributed by atoms with Crippen LogP contribution in [0.25, 0.3) is 6.08 Å². The summed E-state index contributed by atoms with van der Waals surface area (Å²) >= 11 is 0.